The van der Waals surface area contributed by atoms with Crippen molar-refractivity contribution in [1.29, 1.82) is 0 Å². The lowest BCUT2D eigenvalue weighted by Gasteiger charge is -2.09. The molecule has 1 amide bonds. The van der Waals surface area contributed by atoms with E-state index in [1.165, 1.54) is 36.4 Å². The summed E-state index contributed by atoms with van der Waals surface area (Å²) in [5.74, 6) is -0.723. The molecule has 0 saturated carbocycles. The maximum absolute atomic E-state index is 13.0. The normalized spacial score (nSPS) is 10.5. The van der Waals surface area contributed by atoms with E-state index in [1.54, 1.807) is 25.1 Å². The standard InChI is InChI=1S/C20H18F2N4O/c1-13-12-18(19(27)25-17-8-6-16(22)7-9-17)26-20(24-13)23-11-10-14-2-4-15(21)5-3-14/h2-9,12H,10-11H2,1H3,(H,25,27)(H,23,24,26). The molecule has 0 spiro atoms. The van der Waals surface area contributed by atoms with Gasteiger partial charge in [-0.2, -0.15) is 0 Å². The summed E-state index contributed by atoms with van der Waals surface area (Å²) in [6.07, 6.45) is 0.661. The van der Waals surface area contributed by atoms with Gasteiger partial charge in [-0.15, -0.1) is 0 Å². The van der Waals surface area contributed by atoms with Gasteiger partial charge >= 0.3 is 0 Å². The minimum Gasteiger partial charge on any atom is -0.354 e. The van der Waals surface area contributed by atoms with Crippen LogP contribution in [0.3, 0.4) is 0 Å². The van der Waals surface area contributed by atoms with Gasteiger partial charge < -0.3 is 10.6 Å². The van der Waals surface area contributed by atoms with Crippen LogP contribution >= 0.6 is 0 Å². The number of aromatic nitrogens is 2. The van der Waals surface area contributed by atoms with Crippen LogP contribution in [0, 0.1) is 18.6 Å². The molecule has 0 aliphatic rings. The predicted octanol–water partition coefficient (Wildman–Crippen LogP) is 3.97. The second-order valence-corrected chi connectivity index (χ2v) is 5.98. The number of carbonyl (C=O) groups excluding carboxylic acids is 1. The van der Waals surface area contributed by atoms with E-state index < -0.39 is 5.91 Å². The van der Waals surface area contributed by atoms with Gasteiger partial charge in [-0.1, -0.05) is 12.1 Å². The number of carbonyl (C=O) groups is 1. The van der Waals surface area contributed by atoms with Crippen molar-refractivity contribution in [2.45, 2.75) is 13.3 Å². The van der Waals surface area contributed by atoms with E-state index >= 15 is 0 Å². The lowest BCUT2D eigenvalue weighted by atomic mass is 10.1. The Morgan fingerprint density at radius 3 is 2.26 bits per heavy atom. The summed E-state index contributed by atoms with van der Waals surface area (Å²) in [6.45, 7) is 2.30. The molecule has 5 nitrogen and oxygen atoms in total. The Morgan fingerprint density at radius 1 is 0.963 bits per heavy atom. The molecule has 0 unspecified atom stereocenters. The highest BCUT2D eigenvalue weighted by atomic mass is 19.1. The van der Waals surface area contributed by atoms with Gasteiger partial charge in [0, 0.05) is 17.9 Å². The van der Waals surface area contributed by atoms with E-state index in [4.69, 9.17) is 0 Å². The van der Waals surface area contributed by atoms with E-state index in [-0.39, 0.29) is 17.3 Å². The predicted molar refractivity (Wildman–Crippen MR) is 99.7 cm³/mol. The number of anilines is 2. The van der Waals surface area contributed by atoms with Gasteiger partial charge in [0.15, 0.2) is 0 Å². The fraction of sp³-hybridized carbons (Fsp3) is 0.150. The Kier molecular flexibility index (Phi) is 5.71. The number of halogens is 2. The molecular formula is C20H18F2N4O. The molecule has 1 aromatic heterocycles. The van der Waals surface area contributed by atoms with Crippen LogP contribution in [0.1, 0.15) is 21.7 Å². The van der Waals surface area contributed by atoms with Crippen LogP contribution in [0.25, 0.3) is 0 Å². The van der Waals surface area contributed by atoms with Crippen molar-refractivity contribution in [3.05, 3.63) is 83.2 Å². The number of benzene rings is 2. The third-order valence-electron chi connectivity index (χ3n) is 3.80. The molecule has 3 aromatic rings. The van der Waals surface area contributed by atoms with E-state index in [0.29, 0.717) is 30.3 Å². The molecule has 0 saturated heterocycles. The third kappa shape index (κ3) is 5.31. The Hall–Kier alpha value is -3.35. The van der Waals surface area contributed by atoms with Gasteiger partial charge in [-0.05, 0) is 61.4 Å². The summed E-state index contributed by atoms with van der Waals surface area (Å²) in [6, 6.07) is 13.3. The minimum absolute atomic E-state index is 0.205. The Morgan fingerprint density at radius 2 is 1.59 bits per heavy atom. The lowest BCUT2D eigenvalue weighted by molar-refractivity contribution is 0.102. The molecule has 0 aliphatic carbocycles. The largest absolute Gasteiger partial charge is 0.354 e. The smallest absolute Gasteiger partial charge is 0.274 e. The van der Waals surface area contributed by atoms with E-state index in [1.807, 2.05) is 0 Å². The molecule has 0 aliphatic heterocycles. The second-order valence-electron chi connectivity index (χ2n) is 5.98. The number of nitrogens with one attached hydrogen (secondary N) is 2. The number of hydrogen-bond donors (Lipinski definition) is 2. The van der Waals surface area contributed by atoms with Crippen LogP contribution in [-0.4, -0.2) is 22.4 Å². The Bertz CT molecular complexity index is 928. The third-order valence-corrected chi connectivity index (χ3v) is 3.80. The fourth-order valence-corrected chi connectivity index (χ4v) is 2.46. The first kappa shape index (κ1) is 18.4. The highest BCUT2D eigenvalue weighted by Crippen LogP contribution is 2.12. The van der Waals surface area contributed by atoms with E-state index in [0.717, 1.165) is 5.56 Å². The van der Waals surface area contributed by atoms with Crippen LogP contribution in [0.2, 0.25) is 0 Å². The molecule has 3 rings (SSSR count). The number of hydrogen-bond acceptors (Lipinski definition) is 4. The first-order chi connectivity index (χ1) is 13.0. The maximum atomic E-state index is 13.0. The molecular weight excluding hydrogens is 350 g/mol. The highest BCUT2D eigenvalue weighted by Gasteiger charge is 2.11. The summed E-state index contributed by atoms with van der Waals surface area (Å²) < 4.78 is 25.9. The summed E-state index contributed by atoms with van der Waals surface area (Å²) in [7, 11) is 0. The number of amides is 1. The summed E-state index contributed by atoms with van der Waals surface area (Å²) >= 11 is 0. The molecule has 2 N–H and O–H groups in total. The highest BCUT2D eigenvalue weighted by molar-refractivity contribution is 6.03. The number of rotatable bonds is 6. The van der Waals surface area contributed by atoms with Gasteiger partial charge in [-0.3, -0.25) is 4.79 Å². The number of aryl methyl sites for hydroxylation is 1. The quantitative estimate of drug-likeness (QED) is 0.691. The molecule has 0 atom stereocenters. The average molecular weight is 368 g/mol. The van der Waals surface area contributed by atoms with Crippen molar-refractivity contribution in [2.75, 3.05) is 17.2 Å². The van der Waals surface area contributed by atoms with Crippen molar-refractivity contribution < 1.29 is 13.6 Å². The van der Waals surface area contributed by atoms with Crippen LogP contribution in [0.4, 0.5) is 20.4 Å². The fourth-order valence-electron chi connectivity index (χ4n) is 2.46. The average Bonchev–Trinajstić information content (AvgIpc) is 2.65. The molecule has 2 aromatic carbocycles. The van der Waals surface area contributed by atoms with Crippen molar-refractivity contribution >= 4 is 17.5 Å². The molecule has 27 heavy (non-hydrogen) atoms. The zero-order valence-electron chi connectivity index (χ0n) is 14.7. The zero-order valence-corrected chi connectivity index (χ0v) is 14.7. The van der Waals surface area contributed by atoms with Crippen LogP contribution in [0.15, 0.2) is 54.6 Å². The van der Waals surface area contributed by atoms with Gasteiger partial charge in [0.05, 0.1) is 0 Å². The second kappa shape index (κ2) is 8.35. The van der Waals surface area contributed by atoms with E-state index in [9.17, 15) is 13.6 Å². The van der Waals surface area contributed by atoms with Crippen molar-refractivity contribution in [3.8, 4) is 0 Å². The van der Waals surface area contributed by atoms with Crippen LogP contribution < -0.4 is 10.6 Å². The van der Waals surface area contributed by atoms with Gasteiger partial charge in [-0.25, -0.2) is 18.7 Å². The van der Waals surface area contributed by atoms with Crippen LogP contribution in [0.5, 0.6) is 0 Å². The first-order valence-electron chi connectivity index (χ1n) is 8.40. The van der Waals surface area contributed by atoms with E-state index in [2.05, 4.69) is 20.6 Å². The molecule has 0 bridgehead atoms. The van der Waals surface area contributed by atoms with Crippen molar-refractivity contribution in [2.24, 2.45) is 0 Å². The Balaban J connectivity index is 1.63. The summed E-state index contributed by atoms with van der Waals surface area (Å²) in [4.78, 5) is 20.9. The minimum atomic E-state index is -0.409. The van der Waals surface area contributed by atoms with Crippen molar-refractivity contribution in [3.63, 3.8) is 0 Å². The monoisotopic (exact) mass is 368 g/mol. The number of nitrogens with zero attached hydrogens (tertiary/aromatic N) is 2. The van der Waals surface area contributed by atoms with Crippen molar-refractivity contribution in [1.82, 2.24) is 9.97 Å². The summed E-state index contributed by atoms with van der Waals surface area (Å²) in [5, 5.41) is 5.74. The SMILES string of the molecule is Cc1cc(C(=O)Nc2ccc(F)cc2)nc(NCCc2ccc(F)cc2)n1. The molecule has 0 fully saturated rings. The molecule has 7 heteroatoms. The molecule has 1 heterocycles. The topological polar surface area (TPSA) is 66.9 Å². The summed E-state index contributed by atoms with van der Waals surface area (Å²) in [5.41, 5.74) is 2.30. The lowest BCUT2D eigenvalue weighted by Crippen LogP contribution is -2.17. The molecule has 138 valence electrons. The molecule has 0 radical (unpaired) electrons. The van der Waals surface area contributed by atoms with Gasteiger partial charge in [0.2, 0.25) is 5.95 Å². The Labute approximate surface area is 155 Å². The van der Waals surface area contributed by atoms with Gasteiger partial charge in [0.1, 0.15) is 17.3 Å². The van der Waals surface area contributed by atoms with Gasteiger partial charge in [0.25, 0.3) is 5.91 Å². The van der Waals surface area contributed by atoms with Crippen LogP contribution in [-0.2, 0) is 6.42 Å². The first-order valence-corrected chi connectivity index (χ1v) is 8.40. The maximum Gasteiger partial charge on any atom is 0.274 e. The zero-order chi connectivity index (χ0) is 19.2.